The predicted octanol–water partition coefficient (Wildman–Crippen LogP) is 3.51. The van der Waals surface area contributed by atoms with E-state index in [0.717, 1.165) is 25.1 Å². The van der Waals surface area contributed by atoms with Crippen LogP contribution in [0.3, 0.4) is 0 Å². The number of aromatic nitrogens is 2. The number of thioether (sulfide) groups is 1. The molecule has 0 spiro atoms. The molecule has 1 aromatic heterocycles. The fraction of sp³-hybridized carbons (Fsp3) is 0.471. The molecule has 0 bridgehead atoms. The zero-order valence-electron chi connectivity index (χ0n) is 13.0. The summed E-state index contributed by atoms with van der Waals surface area (Å²) in [7, 11) is 2.02. The summed E-state index contributed by atoms with van der Waals surface area (Å²) in [5.41, 5.74) is 1.31. The molecule has 0 saturated carbocycles. The first-order valence-corrected chi connectivity index (χ1v) is 8.66. The molecule has 2 rings (SSSR count). The van der Waals surface area contributed by atoms with Crippen molar-refractivity contribution in [2.75, 3.05) is 12.3 Å². The summed E-state index contributed by atoms with van der Waals surface area (Å²) in [6.07, 6.45) is 5.29. The summed E-state index contributed by atoms with van der Waals surface area (Å²) in [4.78, 5) is 1.35. The fourth-order valence-electron chi connectivity index (χ4n) is 2.27. The molecular weight excluding hydrogens is 278 g/mol. The van der Waals surface area contributed by atoms with Gasteiger partial charge in [0, 0.05) is 35.6 Å². The van der Waals surface area contributed by atoms with Gasteiger partial charge in [0.05, 0.1) is 0 Å². The van der Waals surface area contributed by atoms with E-state index in [1.807, 2.05) is 29.7 Å². The molecule has 1 heterocycles. The highest BCUT2D eigenvalue weighted by Gasteiger charge is 2.10. The molecule has 2 aromatic rings. The number of hydrogen-bond donors (Lipinski definition) is 1. The molecule has 0 radical (unpaired) electrons. The minimum atomic E-state index is 0.546. The molecule has 1 aromatic carbocycles. The van der Waals surface area contributed by atoms with Crippen molar-refractivity contribution in [1.29, 1.82) is 0 Å². The van der Waals surface area contributed by atoms with Gasteiger partial charge < -0.3 is 5.32 Å². The lowest BCUT2D eigenvalue weighted by atomic mass is 10.1. The number of aryl methyl sites for hydroxylation is 2. The average Bonchev–Trinajstić information content (AvgIpc) is 2.93. The molecule has 3 nitrogen and oxygen atoms in total. The molecule has 21 heavy (non-hydrogen) atoms. The fourth-order valence-corrected chi connectivity index (χ4v) is 3.30. The Bertz CT molecular complexity index is 510. The Morgan fingerprint density at radius 2 is 2.05 bits per heavy atom. The van der Waals surface area contributed by atoms with Crippen molar-refractivity contribution in [2.24, 2.45) is 7.05 Å². The maximum Gasteiger partial charge on any atom is 0.0492 e. The van der Waals surface area contributed by atoms with E-state index in [9.17, 15) is 0 Å². The van der Waals surface area contributed by atoms with Gasteiger partial charge in [0.2, 0.25) is 0 Å². The van der Waals surface area contributed by atoms with E-state index in [1.54, 1.807) is 0 Å². The van der Waals surface area contributed by atoms with Gasteiger partial charge in [0.15, 0.2) is 0 Å². The molecule has 0 saturated heterocycles. The summed E-state index contributed by atoms with van der Waals surface area (Å²) in [5.74, 6) is 1.11. The van der Waals surface area contributed by atoms with Gasteiger partial charge in [-0.15, -0.1) is 11.8 Å². The third-order valence-corrected chi connectivity index (χ3v) is 4.72. The van der Waals surface area contributed by atoms with Crippen LogP contribution in [0.25, 0.3) is 0 Å². The van der Waals surface area contributed by atoms with Crippen molar-refractivity contribution in [3.8, 4) is 0 Å². The minimum absolute atomic E-state index is 0.546. The highest BCUT2D eigenvalue weighted by atomic mass is 32.2. The van der Waals surface area contributed by atoms with Crippen LogP contribution in [0.2, 0.25) is 0 Å². The maximum atomic E-state index is 4.24. The van der Waals surface area contributed by atoms with Crippen molar-refractivity contribution in [1.82, 2.24) is 15.1 Å². The van der Waals surface area contributed by atoms with Crippen LogP contribution in [0.4, 0.5) is 0 Å². The van der Waals surface area contributed by atoms with E-state index in [2.05, 4.69) is 53.7 Å². The Morgan fingerprint density at radius 3 is 2.71 bits per heavy atom. The second-order valence-corrected chi connectivity index (χ2v) is 6.35. The standard InChI is InChI=1S/C17H25N3S/c1-3-12-18-15(9-10-16-11-13-19-20(16)2)14-21-17-7-5-4-6-8-17/h4-8,11,13,15,18H,3,9-10,12,14H2,1-2H3. The Hall–Kier alpha value is -1.26. The number of nitrogens with one attached hydrogen (secondary N) is 1. The smallest absolute Gasteiger partial charge is 0.0492 e. The normalized spacial score (nSPS) is 12.5. The number of benzene rings is 1. The van der Waals surface area contributed by atoms with Crippen LogP contribution in [0, 0.1) is 0 Å². The van der Waals surface area contributed by atoms with Crippen LogP contribution in [0.1, 0.15) is 25.5 Å². The molecule has 0 amide bonds. The van der Waals surface area contributed by atoms with Crippen molar-refractivity contribution in [3.63, 3.8) is 0 Å². The molecule has 0 aliphatic rings. The topological polar surface area (TPSA) is 29.9 Å². The van der Waals surface area contributed by atoms with E-state index < -0.39 is 0 Å². The number of rotatable bonds is 9. The second-order valence-electron chi connectivity index (χ2n) is 5.26. The summed E-state index contributed by atoms with van der Waals surface area (Å²) in [6, 6.07) is 13.3. The molecule has 1 unspecified atom stereocenters. The monoisotopic (exact) mass is 303 g/mol. The molecule has 0 fully saturated rings. The van der Waals surface area contributed by atoms with Crippen LogP contribution in [-0.2, 0) is 13.5 Å². The zero-order valence-corrected chi connectivity index (χ0v) is 13.8. The Balaban J connectivity index is 1.83. The van der Waals surface area contributed by atoms with Crippen LogP contribution in [0.5, 0.6) is 0 Å². The van der Waals surface area contributed by atoms with Gasteiger partial charge in [0.1, 0.15) is 0 Å². The second kappa shape index (κ2) is 8.90. The maximum absolute atomic E-state index is 4.24. The average molecular weight is 303 g/mol. The van der Waals surface area contributed by atoms with Crippen LogP contribution in [0.15, 0.2) is 47.5 Å². The van der Waals surface area contributed by atoms with E-state index in [1.165, 1.54) is 17.0 Å². The number of nitrogens with zero attached hydrogens (tertiary/aromatic N) is 2. The molecule has 114 valence electrons. The van der Waals surface area contributed by atoms with Gasteiger partial charge in [-0.05, 0) is 44.0 Å². The Kier molecular flexibility index (Phi) is 6.83. The molecular formula is C17H25N3S. The lowest BCUT2D eigenvalue weighted by Crippen LogP contribution is -2.32. The molecule has 0 aliphatic carbocycles. The SMILES string of the molecule is CCCNC(CCc1ccnn1C)CSc1ccccc1. The quantitative estimate of drug-likeness (QED) is 0.719. The number of hydrogen-bond acceptors (Lipinski definition) is 3. The highest BCUT2D eigenvalue weighted by molar-refractivity contribution is 7.99. The van der Waals surface area contributed by atoms with Gasteiger partial charge in [-0.1, -0.05) is 25.1 Å². The van der Waals surface area contributed by atoms with Gasteiger partial charge >= 0.3 is 0 Å². The van der Waals surface area contributed by atoms with Gasteiger partial charge in [-0.25, -0.2) is 0 Å². The van der Waals surface area contributed by atoms with Gasteiger partial charge in [-0.3, -0.25) is 4.68 Å². The molecule has 4 heteroatoms. The molecule has 0 aliphatic heterocycles. The van der Waals surface area contributed by atoms with E-state index >= 15 is 0 Å². The lowest BCUT2D eigenvalue weighted by molar-refractivity contribution is 0.511. The lowest BCUT2D eigenvalue weighted by Gasteiger charge is -2.18. The van der Waals surface area contributed by atoms with E-state index in [4.69, 9.17) is 0 Å². The highest BCUT2D eigenvalue weighted by Crippen LogP contribution is 2.19. The molecule has 1 atom stereocenters. The van der Waals surface area contributed by atoms with Gasteiger partial charge in [-0.2, -0.15) is 5.10 Å². The first-order valence-electron chi connectivity index (χ1n) is 7.67. The van der Waals surface area contributed by atoms with Crippen LogP contribution in [-0.4, -0.2) is 28.1 Å². The molecule has 1 N–H and O–H groups in total. The predicted molar refractivity (Wildman–Crippen MR) is 90.8 cm³/mol. The van der Waals surface area contributed by atoms with Crippen LogP contribution >= 0.6 is 11.8 Å². The summed E-state index contributed by atoms with van der Waals surface area (Å²) in [6.45, 7) is 3.31. The summed E-state index contributed by atoms with van der Waals surface area (Å²) in [5, 5.41) is 7.91. The zero-order chi connectivity index (χ0) is 14.9. The van der Waals surface area contributed by atoms with Crippen molar-refractivity contribution >= 4 is 11.8 Å². The van der Waals surface area contributed by atoms with Crippen LogP contribution < -0.4 is 5.32 Å². The van der Waals surface area contributed by atoms with Crippen molar-refractivity contribution in [2.45, 2.75) is 37.1 Å². The summed E-state index contributed by atoms with van der Waals surface area (Å²) >= 11 is 1.94. The van der Waals surface area contributed by atoms with Crippen molar-refractivity contribution < 1.29 is 0 Å². The minimum Gasteiger partial charge on any atom is -0.313 e. The van der Waals surface area contributed by atoms with Gasteiger partial charge in [0.25, 0.3) is 0 Å². The first kappa shape index (κ1) is 16.1. The first-order chi connectivity index (χ1) is 10.3. The van der Waals surface area contributed by atoms with E-state index in [-0.39, 0.29) is 0 Å². The van der Waals surface area contributed by atoms with E-state index in [0.29, 0.717) is 6.04 Å². The largest absolute Gasteiger partial charge is 0.313 e. The van der Waals surface area contributed by atoms with Crippen molar-refractivity contribution in [3.05, 3.63) is 48.3 Å². The Morgan fingerprint density at radius 1 is 1.24 bits per heavy atom. The Labute approximate surface area is 132 Å². The third kappa shape index (κ3) is 5.56. The third-order valence-electron chi connectivity index (χ3n) is 3.55. The summed E-state index contributed by atoms with van der Waals surface area (Å²) < 4.78 is 1.97.